The summed E-state index contributed by atoms with van der Waals surface area (Å²) in [5.41, 5.74) is -0.713. The summed E-state index contributed by atoms with van der Waals surface area (Å²) in [6.07, 6.45) is 2.04. The van der Waals surface area contributed by atoms with E-state index in [1.165, 1.54) is 4.90 Å². The van der Waals surface area contributed by atoms with Crippen LogP contribution in [0.4, 0.5) is 4.79 Å². The van der Waals surface area contributed by atoms with E-state index in [1.807, 2.05) is 65.0 Å². The number of aliphatic carboxylic acids is 1. The normalized spacial score (nSPS) is 21.2. The van der Waals surface area contributed by atoms with Crippen LogP contribution in [0, 0.1) is 5.92 Å². The largest absolute Gasteiger partial charge is 0.480 e. The number of ether oxygens (including phenoxy) is 1. The highest BCUT2D eigenvalue weighted by molar-refractivity contribution is 5.95. The lowest BCUT2D eigenvalue weighted by atomic mass is 9.71. The Labute approximate surface area is 219 Å². The molecule has 3 amide bonds. The average molecular weight is 516 g/mol. The number of hydrogen-bond donors (Lipinski definition) is 2. The minimum atomic E-state index is -1.02. The third kappa shape index (κ3) is 6.43. The van der Waals surface area contributed by atoms with Crippen LogP contribution in [0.3, 0.4) is 0 Å². The van der Waals surface area contributed by atoms with Gasteiger partial charge >= 0.3 is 12.1 Å². The van der Waals surface area contributed by atoms with E-state index in [0.717, 1.165) is 5.56 Å². The van der Waals surface area contributed by atoms with Gasteiger partial charge in [-0.05, 0) is 57.9 Å². The highest BCUT2D eigenvalue weighted by Crippen LogP contribution is 2.37. The molecule has 3 atom stereocenters. The molecule has 0 spiro atoms. The van der Waals surface area contributed by atoms with E-state index in [1.54, 1.807) is 4.90 Å². The van der Waals surface area contributed by atoms with Gasteiger partial charge < -0.3 is 25.0 Å². The monoisotopic (exact) mass is 515 g/mol. The number of carbonyl (C=O) groups is 4. The molecule has 2 heterocycles. The first kappa shape index (κ1) is 28.5. The first-order valence-electron chi connectivity index (χ1n) is 13.3. The first-order chi connectivity index (χ1) is 17.4. The standard InChI is InChI=1S/C28H41N3O6/c1-6-19(2)22(23(32)31-16-10-13-21(31)24(33)34)29-25(35)28(20-11-8-7-9-12-20)14-17-30(18-15-28)26(36)37-27(3,4)5/h7-9,11-12,19,21-22H,6,10,13-18H2,1-5H3,(H,29,35)(H,33,34)/t19-,21-,22-/m0/s1. The highest BCUT2D eigenvalue weighted by atomic mass is 16.6. The summed E-state index contributed by atoms with van der Waals surface area (Å²) >= 11 is 0. The van der Waals surface area contributed by atoms with Crippen molar-refractivity contribution in [2.45, 2.75) is 89.8 Å². The number of piperidine rings is 1. The second-order valence-electron chi connectivity index (χ2n) is 11.3. The Morgan fingerprint density at radius 3 is 2.27 bits per heavy atom. The Hall–Kier alpha value is -3.10. The van der Waals surface area contributed by atoms with E-state index in [2.05, 4.69) is 5.32 Å². The van der Waals surface area contributed by atoms with Crippen molar-refractivity contribution in [2.24, 2.45) is 5.92 Å². The maximum atomic E-state index is 14.1. The SMILES string of the molecule is CC[C@H](C)[C@H](NC(=O)C1(c2ccccc2)CCN(C(=O)OC(C)(C)C)CC1)C(=O)N1CCC[C@H]1C(=O)O. The molecule has 0 aromatic heterocycles. The molecule has 3 rings (SSSR count). The predicted octanol–water partition coefficient (Wildman–Crippen LogP) is 3.56. The van der Waals surface area contributed by atoms with Crippen molar-refractivity contribution in [3.63, 3.8) is 0 Å². The Morgan fingerprint density at radius 2 is 1.73 bits per heavy atom. The fourth-order valence-electron chi connectivity index (χ4n) is 5.23. The van der Waals surface area contributed by atoms with Crippen LogP contribution < -0.4 is 5.32 Å². The maximum Gasteiger partial charge on any atom is 0.410 e. The zero-order chi connectivity index (χ0) is 27.4. The molecule has 2 aliphatic heterocycles. The second kappa shape index (κ2) is 11.5. The number of nitrogens with one attached hydrogen (secondary N) is 1. The predicted molar refractivity (Wildman–Crippen MR) is 139 cm³/mol. The van der Waals surface area contributed by atoms with Crippen LogP contribution in [-0.4, -0.2) is 76.1 Å². The summed E-state index contributed by atoms with van der Waals surface area (Å²) < 4.78 is 5.53. The van der Waals surface area contributed by atoms with Crippen molar-refractivity contribution in [2.75, 3.05) is 19.6 Å². The molecular formula is C28H41N3O6. The first-order valence-corrected chi connectivity index (χ1v) is 13.3. The van der Waals surface area contributed by atoms with Crippen molar-refractivity contribution < 1.29 is 29.0 Å². The van der Waals surface area contributed by atoms with E-state index >= 15 is 0 Å². The summed E-state index contributed by atoms with van der Waals surface area (Å²) in [6, 6.07) is 7.76. The zero-order valence-corrected chi connectivity index (χ0v) is 22.7. The number of hydrogen-bond acceptors (Lipinski definition) is 5. The van der Waals surface area contributed by atoms with Gasteiger partial charge in [-0.3, -0.25) is 9.59 Å². The van der Waals surface area contributed by atoms with E-state index < -0.39 is 35.2 Å². The lowest BCUT2D eigenvalue weighted by Gasteiger charge is -2.42. The number of amides is 3. The van der Waals surface area contributed by atoms with Crippen molar-refractivity contribution >= 4 is 23.9 Å². The summed E-state index contributed by atoms with van der Waals surface area (Å²) in [4.78, 5) is 55.1. The van der Waals surface area contributed by atoms with Crippen molar-refractivity contribution in [1.82, 2.24) is 15.1 Å². The molecule has 9 nitrogen and oxygen atoms in total. The van der Waals surface area contributed by atoms with Crippen LogP contribution in [0.25, 0.3) is 0 Å². The van der Waals surface area contributed by atoms with E-state index in [0.29, 0.717) is 51.7 Å². The molecule has 2 N–H and O–H groups in total. The van der Waals surface area contributed by atoms with Crippen LogP contribution in [0.15, 0.2) is 30.3 Å². The van der Waals surface area contributed by atoms with Gasteiger partial charge in [0.2, 0.25) is 11.8 Å². The average Bonchev–Trinajstić information content (AvgIpc) is 3.36. The number of nitrogens with zero attached hydrogens (tertiary/aromatic N) is 2. The van der Waals surface area contributed by atoms with E-state index in [9.17, 15) is 24.3 Å². The maximum absolute atomic E-state index is 14.1. The number of carboxylic acids is 1. The Kier molecular flexibility index (Phi) is 8.87. The fourth-order valence-corrected chi connectivity index (χ4v) is 5.23. The quantitative estimate of drug-likeness (QED) is 0.574. The number of benzene rings is 1. The second-order valence-corrected chi connectivity index (χ2v) is 11.3. The zero-order valence-electron chi connectivity index (χ0n) is 22.7. The summed E-state index contributed by atoms with van der Waals surface area (Å²) in [7, 11) is 0. The molecule has 37 heavy (non-hydrogen) atoms. The number of rotatable bonds is 7. The number of likely N-dealkylation sites (tertiary alicyclic amines) is 2. The number of carbonyl (C=O) groups excluding carboxylic acids is 3. The van der Waals surface area contributed by atoms with E-state index in [-0.39, 0.29) is 17.7 Å². The van der Waals surface area contributed by atoms with Gasteiger partial charge in [0.15, 0.2) is 0 Å². The van der Waals surface area contributed by atoms with Crippen LogP contribution >= 0.6 is 0 Å². The van der Waals surface area contributed by atoms with E-state index in [4.69, 9.17) is 4.74 Å². The smallest absolute Gasteiger partial charge is 0.410 e. The van der Waals surface area contributed by atoms with Gasteiger partial charge in [0.25, 0.3) is 0 Å². The molecule has 2 saturated heterocycles. The van der Waals surface area contributed by atoms with Gasteiger partial charge in [0, 0.05) is 19.6 Å². The van der Waals surface area contributed by atoms with Gasteiger partial charge in [0.05, 0.1) is 5.41 Å². The van der Waals surface area contributed by atoms with Gasteiger partial charge in [-0.1, -0.05) is 50.6 Å². The minimum absolute atomic E-state index is 0.179. The van der Waals surface area contributed by atoms with Crippen LogP contribution in [0.1, 0.15) is 72.3 Å². The molecule has 1 aromatic rings. The Bertz CT molecular complexity index is 981. The highest BCUT2D eigenvalue weighted by Gasteiger charge is 2.47. The molecule has 9 heteroatoms. The summed E-state index contributed by atoms with van der Waals surface area (Å²) in [5.74, 6) is -1.81. The van der Waals surface area contributed by atoms with Crippen LogP contribution in [0.5, 0.6) is 0 Å². The van der Waals surface area contributed by atoms with Gasteiger partial charge in [-0.25, -0.2) is 9.59 Å². The van der Waals surface area contributed by atoms with Gasteiger partial charge in [-0.2, -0.15) is 0 Å². The summed E-state index contributed by atoms with van der Waals surface area (Å²) in [6.45, 7) is 10.3. The lowest BCUT2D eigenvalue weighted by Crippen LogP contribution is -2.59. The third-order valence-corrected chi connectivity index (χ3v) is 7.62. The molecule has 2 aliphatic rings. The third-order valence-electron chi connectivity index (χ3n) is 7.62. The molecule has 0 bridgehead atoms. The molecule has 0 radical (unpaired) electrons. The lowest BCUT2D eigenvalue weighted by molar-refractivity contribution is -0.150. The van der Waals surface area contributed by atoms with Gasteiger partial charge in [0.1, 0.15) is 17.7 Å². The minimum Gasteiger partial charge on any atom is -0.480 e. The summed E-state index contributed by atoms with van der Waals surface area (Å²) in [5, 5.41) is 12.6. The molecule has 204 valence electrons. The molecule has 0 aliphatic carbocycles. The fraction of sp³-hybridized carbons (Fsp3) is 0.643. The van der Waals surface area contributed by atoms with Crippen molar-refractivity contribution in [3.05, 3.63) is 35.9 Å². The topological polar surface area (TPSA) is 116 Å². The van der Waals surface area contributed by atoms with Gasteiger partial charge in [-0.15, -0.1) is 0 Å². The van der Waals surface area contributed by atoms with Crippen molar-refractivity contribution in [1.29, 1.82) is 0 Å². The van der Waals surface area contributed by atoms with Crippen LogP contribution in [0.2, 0.25) is 0 Å². The molecule has 0 saturated carbocycles. The Balaban J connectivity index is 1.86. The molecule has 1 aromatic carbocycles. The Morgan fingerprint density at radius 1 is 1.11 bits per heavy atom. The van der Waals surface area contributed by atoms with Crippen LogP contribution in [-0.2, 0) is 24.5 Å². The molecule has 2 fully saturated rings. The van der Waals surface area contributed by atoms with Crippen molar-refractivity contribution in [3.8, 4) is 0 Å². The number of carboxylic acid groups (broad SMARTS) is 1. The molecule has 0 unspecified atom stereocenters. The molecular weight excluding hydrogens is 474 g/mol.